The fourth-order valence-electron chi connectivity index (χ4n) is 2.87. The Balaban J connectivity index is 2.34. The van der Waals surface area contributed by atoms with Crippen molar-refractivity contribution in [3.63, 3.8) is 0 Å². The molecule has 0 bridgehead atoms. The molecule has 0 unspecified atom stereocenters. The molecule has 1 aromatic rings. The lowest BCUT2D eigenvalue weighted by Crippen LogP contribution is -2.44. The summed E-state index contributed by atoms with van der Waals surface area (Å²) in [5.41, 5.74) is -0.252. The summed E-state index contributed by atoms with van der Waals surface area (Å²) in [4.78, 5) is 12.9. The van der Waals surface area contributed by atoms with Gasteiger partial charge in [-0.05, 0) is 50.7 Å². The first-order valence-electron chi connectivity index (χ1n) is 7.13. The molecule has 0 saturated heterocycles. The molecule has 0 spiro atoms. The molecule has 2 rings (SSSR count). The molecule has 2 nitrogen and oxygen atoms in total. The zero-order valence-corrected chi connectivity index (χ0v) is 13.4. The van der Waals surface area contributed by atoms with E-state index in [-0.39, 0.29) is 5.78 Å². The van der Waals surface area contributed by atoms with Crippen LogP contribution in [0.5, 0.6) is 0 Å². The lowest BCUT2D eigenvalue weighted by molar-refractivity contribution is -0.0474. The van der Waals surface area contributed by atoms with Crippen LogP contribution in [0.15, 0.2) is 18.2 Å². The fraction of sp³-hybridized carbons (Fsp3) is 0.562. The molecular formula is C16H20Cl2O2. The van der Waals surface area contributed by atoms with Gasteiger partial charge in [0.2, 0.25) is 0 Å². The van der Waals surface area contributed by atoms with E-state index >= 15 is 0 Å². The van der Waals surface area contributed by atoms with Gasteiger partial charge in [0, 0.05) is 12.2 Å². The smallest absolute Gasteiger partial charge is 0.196 e. The van der Waals surface area contributed by atoms with Crippen molar-refractivity contribution in [3.05, 3.63) is 33.8 Å². The van der Waals surface area contributed by atoms with Gasteiger partial charge in [0.15, 0.2) is 5.78 Å². The van der Waals surface area contributed by atoms with Gasteiger partial charge >= 0.3 is 0 Å². The van der Waals surface area contributed by atoms with Crippen molar-refractivity contribution in [1.82, 2.24) is 0 Å². The van der Waals surface area contributed by atoms with E-state index < -0.39 is 5.60 Å². The van der Waals surface area contributed by atoms with Gasteiger partial charge in [0.25, 0.3) is 0 Å². The van der Waals surface area contributed by atoms with Crippen molar-refractivity contribution in [2.24, 2.45) is 5.92 Å². The van der Waals surface area contributed by atoms with Crippen molar-refractivity contribution >= 4 is 29.0 Å². The summed E-state index contributed by atoms with van der Waals surface area (Å²) in [5.74, 6) is 0.616. The molecule has 0 heterocycles. The van der Waals surface area contributed by atoms with E-state index in [1.165, 1.54) is 0 Å². The highest BCUT2D eigenvalue weighted by atomic mass is 35.5. The molecule has 1 aliphatic carbocycles. The Bertz CT molecular complexity index is 491. The molecule has 4 heteroatoms. The molecule has 0 radical (unpaired) electrons. The third-order valence-corrected chi connectivity index (χ3v) is 4.93. The van der Waals surface area contributed by atoms with E-state index in [1.807, 2.05) is 6.92 Å². The number of Topliss-reactive ketones (excluding diaryl/α,β-unsaturated/α-hetero) is 1. The van der Waals surface area contributed by atoms with Crippen LogP contribution < -0.4 is 0 Å². The highest BCUT2D eigenvalue weighted by Gasteiger charge is 2.42. The van der Waals surface area contributed by atoms with Crippen molar-refractivity contribution in [1.29, 1.82) is 0 Å². The number of ketones is 1. The quantitative estimate of drug-likeness (QED) is 0.717. The van der Waals surface area contributed by atoms with Gasteiger partial charge in [-0.2, -0.15) is 0 Å². The average molecular weight is 315 g/mol. The number of halogens is 2. The third-order valence-electron chi connectivity index (χ3n) is 4.11. The second kappa shape index (κ2) is 6.46. The Hall–Kier alpha value is -0.570. The largest absolute Gasteiger partial charge is 0.367 e. The molecule has 0 aliphatic heterocycles. The van der Waals surface area contributed by atoms with Gasteiger partial charge in [-0.25, -0.2) is 0 Å². The van der Waals surface area contributed by atoms with Crippen LogP contribution in [0, 0.1) is 5.92 Å². The van der Waals surface area contributed by atoms with Crippen LogP contribution in [-0.2, 0) is 4.74 Å². The monoisotopic (exact) mass is 314 g/mol. The maximum Gasteiger partial charge on any atom is 0.196 e. The lowest BCUT2D eigenvalue weighted by atomic mass is 9.75. The molecular weight excluding hydrogens is 295 g/mol. The van der Waals surface area contributed by atoms with Crippen molar-refractivity contribution in [3.8, 4) is 0 Å². The Morgan fingerprint density at radius 2 is 2.00 bits per heavy atom. The first-order valence-corrected chi connectivity index (χ1v) is 7.88. The first-order chi connectivity index (χ1) is 9.50. The summed E-state index contributed by atoms with van der Waals surface area (Å²) >= 11 is 12.2. The number of benzene rings is 1. The highest BCUT2D eigenvalue weighted by Crippen LogP contribution is 2.39. The van der Waals surface area contributed by atoms with Crippen molar-refractivity contribution in [2.45, 2.75) is 45.1 Å². The standard InChI is InChI=1S/C16H20Cl2O2/c1-3-20-16(9-7-11(2)8-10-16)15(19)12-5-4-6-13(17)14(12)18/h4-6,11H,3,7-10H2,1-2H3. The number of rotatable bonds is 4. The zero-order valence-electron chi connectivity index (χ0n) is 11.9. The molecule has 0 amide bonds. The van der Waals surface area contributed by atoms with Gasteiger partial charge < -0.3 is 4.74 Å². The first kappa shape index (κ1) is 15.8. The maximum absolute atomic E-state index is 12.9. The molecule has 0 aromatic heterocycles. The highest BCUT2D eigenvalue weighted by molar-refractivity contribution is 6.44. The summed E-state index contributed by atoms with van der Waals surface area (Å²) in [6, 6.07) is 5.18. The number of ether oxygens (including phenoxy) is 1. The second-order valence-electron chi connectivity index (χ2n) is 5.54. The van der Waals surface area contributed by atoms with Crippen LogP contribution in [0.1, 0.15) is 49.9 Å². The minimum atomic E-state index is -0.727. The van der Waals surface area contributed by atoms with Crippen LogP contribution >= 0.6 is 23.2 Å². The predicted molar refractivity (Wildman–Crippen MR) is 82.8 cm³/mol. The zero-order chi connectivity index (χ0) is 14.8. The third kappa shape index (κ3) is 3.03. The van der Waals surface area contributed by atoms with E-state index in [4.69, 9.17) is 27.9 Å². The number of carbonyl (C=O) groups is 1. The SMILES string of the molecule is CCOC1(C(=O)c2cccc(Cl)c2Cl)CCC(C)CC1. The van der Waals surface area contributed by atoms with Crippen LogP contribution in [0.25, 0.3) is 0 Å². The normalized spacial score (nSPS) is 26.5. The molecule has 1 saturated carbocycles. The summed E-state index contributed by atoms with van der Waals surface area (Å²) in [5, 5.41) is 0.741. The molecule has 1 fully saturated rings. The molecule has 0 N–H and O–H groups in total. The Morgan fingerprint density at radius 3 is 2.60 bits per heavy atom. The van der Waals surface area contributed by atoms with E-state index in [9.17, 15) is 4.79 Å². The van der Waals surface area contributed by atoms with Gasteiger partial charge in [-0.15, -0.1) is 0 Å². The van der Waals surface area contributed by atoms with Crippen molar-refractivity contribution in [2.75, 3.05) is 6.61 Å². The van der Waals surface area contributed by atoms with Crippen LogP contribution in [-0.4, -0.2) is 18.0 Å². The minimum absolute atomic E-state index is 0.0289. The summed E-state index contributed by atoms with van der Waals surface area (Å²) in [6.45, 7) is 4.66. The fourth-order valence-corrected chi connectivity index (χ4v) is 3.25. The van der Waals surface area contributed by atoms with Gasteiger partial charge in [-0.3, -0.25) is 4.79 Å². The summed E-state index contributed by atoms with van der Waals surface area (Å²) in [7, 11) is 0. The van der Waals surface area contributed by atoms with Crippen molar-refractivity contribution < 1.29 is 9.53 Å². The Labute approximate surface area is 130 Å². The molecule has 110 valence electrons. The minimum Gasteiger partial charge on any atom is -0.367 e. The van der Waals surface area contributed by atoms with Crippen LogP contribution in [0.2, 0.25) is 10.0 Å². The predicted octanol–water partition coefficient (Wildman–Crippen LogP) is 5.16. The van der Waals surface area contributed by atoms with E-state index in [0.717, 1.165) is 25.7 Å². The molecule has 0 atom stereocenters. The summed E-state index contributed by atoms with van der Waals surface area (Å²) < 4.78 is 5.88. The van der Waals surface area contributed by atoms with Crippen LogP contribution in [0.4, 0.5) is 0 Å². The maximum atomic E-state index is 12.9. The van der Waals surface area contributed by atoms with Gasteiger partial charge in [0.1, 0.15) is 5.60 Å². The summed E-state index contributed by atoms with van der Waals surface area (Å²) in [6.07, 6.45) is 3.52. The number of hydrogen-bond donors (Lipinski definition) is 0. The van der Waals surface area contributed by atoms with Gasteiger partial charge in [-0.1, -0.05) is 36.2 Å². The number of hydrogen-bond acceptors (Lipinski definition) is 2. The molecule has 20 heavy (non-hydrogen) atoms. The van der Waals surface area contributed by atoms with E-state index in [2.05, 4.69) is 6.92 Å². The van der Waals surface area contributed by atoms with E-state index in [0.29, 0.717) is 28.1 Å². The van der Waals surface area contributed by atoms with Gasteiger partial charge in [0.05, 0.1) is 10.0 Å². The average Bonchev–Trinajstić information content (AvgIpc) is 2.44. The molecule has 1 aromatic carbocycles. The lowest BCUT2D eigenvalue weighted by Gasteiger charge is -2.38. The number of carbonyl (C=O) groups excluding carboxylic acids is 1. The molecule has 1 aliphatic rings. The topological polar surface area (TPSA) is 26.3 Å². The second-order valence-corrected chi connectivity index (χ2v) is 6.33. The Morgan fingerprint density at radius 1 is 1.35 bits per heavy atom. The van der Waals surface area contributed by atoms with E-state index in [1.54, 1.807) is 18.2 Å². The Kier molecular flexibility index (Phi) is 5.11. The van der Waals surface area contributed by atoms with Crippen LogP contribution in [0.3, 0.4) is 0 Å².